The average Bonchev–Trinajstić information content (AvgIpc) is 3.13. The number of anilines is 1. The van der Waals surface area contributed by atoms with Gasteiger partial charge in [0.1, 0.15) is 5.82 Å². The van der Waals surface area contributed by atoms with E-state index in [4.69, 9.17) is 19.1 Å². The highest BCUT2D eigenvalue weighted by Crippen LogP contribution is 2.29. The molecule has 0 spiro atoms. The number of aryl methyl sites for hydroxylation is 1. The molecule has 0 N–H and O–H groups in total. The summed E-state index contributed by atoms with van der Waals surface area (Å²) in [4.78, 5) is 14.3. The van der Waals surface area contributed by atoms with E-state index in [1.54, 1.807) is 11.8 Å². The Bertz CT molecular complexity index is 756. The first-order valence-corrected chi connectivity index (χ1v) is 10.7. The molecule has 0 aromatic carbocycles. The van der Waals surface area contributed by atoms with Crippen LogP contribution in [0, 0.1) is 6.92 Å². The Morgan fingerprint density at radius 3 is 2.56 bits per heavy atom. The van der Waals surface area contributed by atoms with Crippen LogP contribution in [-0.4, -0.2) is 70.7 Å². The first-order chi connectivity index (χ1) is 13.2. The molecule has 0 saturated carbocycles. The van der Waals surface area contributed by atoms with Crippen LogP contribution in [0.25, 0.3) is 0 Å². The van der Waals surface area contributed by atoms with Gasteiger partial charge in [-0.2, -0.15) is 0 Å². The van der Waals surface area contributed by atoms with Crippen LogP contribution in [-0.2, 0) is 11.3 Å². The van der Waals surface area contributed by atoms with Gasteiger partial charge in [-0.05, 0) is 19.1 Å². The van der Waals surface area contributed by atoms with Gasteiger partial charge in [0.25, 0.3) is 0 Å². The number of hydrogen-bond acceptors (Lipinski definition) is 9. The van der Waals surface area contributed by atoms with Crippen molar-refractivity contribution in [2.45, 2.75) is 37.4 Å². The molecular weight excluding hydrogens is 364 g/mol. The summed E-state index contributed by atoms with van der Waals surface area (Å²) in [5.74, 6) is 2.84. The monoisotopic (exact) mass is 390 g/mol. The summed E-state index contributed by atoms with van der Waals surface area (Å²) in [5.41, 5.74) is 1.16. The first kappa shape index (κ1) is 18.6. The number of aromatic nitrogens is 4. The Labute approximate surface area is 163 Å². The highest BCUT2D eigenvalue weighted by Gasteiger charge is 2.23. The Morgan fingerprint density at radius 1 is 1.11 bits per heavy atom. The predicted octanol–water partition coefficient (Wildman–Crippen LogP) is 2.11. The molecule has 2 aromatic heterocycles. The van der Waals surface area contributed by atoms with Crippen LogP contribution in [0.5, 0.6) is 0 Å². The molecule has 2 aromatic rings. The zero-order chi connectivity index (χ0) is 18.6. The Hall–Kier alpha value is -1.71. The molecule has 0 aliphatic carbocycles. The van der Waals surface area contributed by atoms with Crippen molar-refractivity contribution in [2.24, 2.45) is 0 Å². The van der Waals surface area contributed by atoms with Crippen molar-refractivity contribution in [3.8, 4) is 0 Å². The summed E-state index contributed by atoms with van der Waals surface area (Å²) in [7, 11) is 0. The van der Waals surface area contributed by atoms with Crippen LogP contribution in [0.15, 0.2) is 15.6 Å². The molecule has 0 radical (unpaired) electrons. The number of hydrogen-bond donors (Lipinski definition) is 0. The van der Waals surface area contributed by atoms with Gasteiger partial charge in [-0.3, -0.25) is 4.90 Å². The second-order valence-electron chi connectivity index (χ2n) is 7.00. The lowest BCUT2D eigenvalue weighted by molar-refractivity contribution is 0.0843. The van der Waals surface area contributed by atoms with Gasteiger partial charge in [-0.25, -0.2) is 9.97 Å². The van der Waals surface area contributed by atoms with Crippen molar-refractivity contribution in [3.05, 3.63) is 23.5 Å². The Balaban J connectivity index is 1.42. The summed E-state index contributed by atoms with van der Waals surface area (Å²) >= 11 is 1.61. The van der Waals surface area contributed by atoms with Gasteiger partial charge in [0, 0.05) is 58.3 Å². The first-order valence-electron chi connectivity index (χ1n) is 9.48. The molecule has 0 bridgehead atoms. The summed E-state index contributed by atoms with van der Waals surface area (Å²) in [6, 6.07) is 2.19. The number of ether oxygens (including phenoxy) is 1. The minimum Gasteiger partial charge on any atom is -0.424 e. The highest BCUT2D eigenvalue weighted by atomic mass is 32.2. The molecule has 2 aliphatic heterocycles. The molecule has 0 amide bonds. The third-order valence-corrected chi connectivity index (χ3v) is 5.70. The Morgan fingerprint density at radius 2 is 1.89 bits per heavy atom. The molecule has 0 unspecified atom stereocenters. The number of rotatable bonds is 5. The fourth-order valence-electron chi connectivity index (χ4n) is 3.61. The lowest BCUT2D eigenvalue weighted by Gasteiger charge is -2.35. The average molecular weight is 391 g/mol. The Kier molecular flexibility index (Phi) is 5.89. The van der Waals surface area contributed by atoms with Crippen LogP contribution in [0.3, 0.4) is 0 Å². The van der Waals surface area contributed by atoms with E-state index < -0.39 is 0 Å². The van der Waals surface area contributed by atoms with Gasteiger partial charge in [0.2, 0.25) is 11.8 Å². The maximum atomic E-state index is 5.50. The standard InChI is InChI=1S/C18H26N6O2S/c1-13-21-22-17(26-13)12-23-5-7-24(8-6-23)16-11-15(19-18(20-16)27-2)14-3-9-25-10-4-14/h11,14H,3-10,12H2,1-2H3. The van der Waals surface area contributed by atoms with Gasteiger partial charge in [-0.15, -0.1) is 10.2 Å². The summed E-state index contributed by atoms with van der Waals surface area (Å²) in [6.45, 7) is 7.96. The molecule has 27 heavy (non-hydrogen) atoms. The van der Waals surface area contributed by atoms with Crippen LogP contribution < -0.4 is 4.90 Å². The maximum absolute atomic E-state index is 5.50. The fourth-order valence-corrected chi connectivity index (χ4v) is 4.00. The molecular formula is C18H26N6O2S. The molecule has 8 nitrogen and oxygen atoms in total. The maximum Gasteiger partial charge on any atom is 0.230 e. The fraction of sp³-hybridized carbons (Fsp3) is 0.667. The van der Waals surface area contributed by atoms with Crippen molar-refractivity contribution < 1.29 is 9.15 Å². The van der Waals surface area contributed by atoms with Gasteiger partial charge in [0.05, 0.1) is 12.2 Å². The van der Waals surface area contributed by atoms with E-state index in [0.717, 1.165) is 68.9 Å². The molecule has 0 atom stereocenters. The smallest absolute Gasteiger partial charge is 0.230 e. The van der Waals surface area contributed by atoms with Crippen molar-refractivity contribution in [3.63, 3.8) is 0 Å². The molecule has 2 aliphatic rings. The normalized spacial score (nSPS) is 19.6. The van der Waals surface area contributed by atoms with E-state index in [2.05, 4.69) is 26.1 Å². The molecule has 146 valence electrons. The summed E-state index contributed by atoms with van der Waals surface area (Å²) in [5, 5.41) is 8.86. The number of piperazine rings is 1. The van der Waals surface area contributed by atoms with Crippen LogP contribution >= 0.6 is 11.8 Å². The quantitative estimate of drug-likeness (QED) is 0.563. The predicted molar refractivity (Wildman–Crippen MR) is 103 cm³/mol. The van der Waals surface area contributed by atoms with Crippen LogP contribution in [0.1, 0.15) is 36.2 Å². The summed E-state index contributed by atoms with van der Waals surface area (Å²) < 4.78 is 11.0. The van der Waals surface area contributed by atoms with Gasteiger partial charge < -0.3 is 14.1 Å². The molecule has 2 saturated heterocycles. The third-order valence-electron chi connectivity index (χ3n) is 5.16. The van der Waals surface area contributed by atoms with E-state index in [1.807, 2.05) is 13.2 Å². The van der Waals surface area contributed by atoms with Gasteiger partial charge >= 0.3 is 0 Å². The molecule has 2 fully saturated rings. The van der Waals surface area contributed by atoms with E-state index in [1.165, 1.54) is 0 Å². The topological polar surface area (TPSA) is 80.4 Å². The van der Waals surface area contributed by atoms with Crippen molar-refractivity contribution >= 4 is 17.6 Å². The van der Waals surface area contributed by atoms with Gasteiger partial charge in [0.15, 0.2) is 5.16 Å². The molecule has 9 heteroatoms. The lowest BCUT2D eigenvalue weighted by Crippen LogP contribution is -2.46. The minimum atomic E-state index is 0.480. The number of thioether (sulfide) groups is 1. The number of nitrogens with zero attached hydrogens (tertiary/aromatic N) is 6. The van der Waals surface area contributed by atoms with E-state index in [-0.39, 0.29) is 0 Å². The molecule has 4 rings (SSSR count). The van der Waals surface area contributed by atoms with Crippen molar-refractivity contribution in [2.75, 3.05) is 50.5 Å². The zero-order valence-electron chi connectivity index (χ0n) is 15.9. The summed E-state index contributed by atoms with van der Waals surface area (Å²) in [6.07, 6.45) is 4.13. The zero-order valence-corrected chi connectivity index (χ0v) is 16.7. The highest BCUT2D eigenvalue weighted by molar-refractivity contribution is 7.98. The lowest BCUT2D eigenvalue weighted by atomic mass is 9.96. The van der Waals surface area contributed by atoms with Crippen LogP contribution in [0.2, 0.25) is 0 Å². The van der Waals surface area contributed by atoms with Crippen LogP contribution in [0.4, 0.5) is 5.82 Å². The van der Waals surface area contributed by atoms with E-state index >= 15 is 0 Å². The largest absolute Gasteiger partial charge is 0.424 e. The second kappa shape index (κ2) is 8.53. The second-order valence-corrected chi connectivity index (χ2v) is 7.78. The third kappa shape index (κ3) is 4.59. The van der Waals surface area contributed by atoms with E-state index in [0.29, 0.717) is 24.2 Å². The molecule has 4 heterocycles. The SMILES string of the molecule is CSc1nc(C2CCOCC2)cc(N2CCN(Cc3nnc(C)o3)CC2)n1. The minimum absolute atomic E-state index is 0.480. The van der Waals surface area contributed by atoms with Crippen molar-refractivity contribution in [1.29, 1.82) is 0 Å². The van der Waals surface area contributed by atoms with Crippen molar-refractivity contribution in [1.82, 2.24) is 25.1 Å². The van der Waals surface area contributed by atoms with E-state index in [9.17, 15) is 0 Å². The van der Waals surface area contributed by atoms with Gasteiger partial charge in [-0.1, -0.05) is 11.8 Å².